The Kier molecular flexibility index (Phi) is 5.18. The van der Waals surface area contributed by atoms with Crippen molar-refractivity contribution in [1.29, 1.82) is 0 Å². The van der Waals surface area contributed by atoms with Crippen LogP contribution >= 0.6 is 11.3 Å². The number of nitrogens with zero attached hydrogens (tertiary/aromatic N) is 2. The lowest BCUT2D eigenvalue weighted by Gasteiger charge is -2.20. The minimum absolute atomic E-state index is 0.0607. The maximum absolute atomic E-state index is 12.3. The molecule has 2 amide bonds. The van der Waals surface area contributed by atoms with Gasteiger partial charge in [-0.1, -0.05) is 23.8 Å². The molecule has 132 valence electrons. The van der Waals surface area contributed by atoms with Crippen LogP contribution in [0, 0.1) is 12.8 Å². The lowest BCUT2D eigenvalue weighted by atomic mass is 10.1. The van der Waals surface area contributed by atoms with E-state index < -0.39 is 0 Å². The Hall–Kier alpha value is -2.21. The molecule has 0 bridgehead atoms. The second kappa shape index (κ2) is 7.35. The molecule has 1 fully saturated rings. The van der Waals surface area contributed by atoms with E-state index in [0.29, 0.717) is 19.5 Å². The minimum atomic E-state index is -0.259. The summed E-state index contributed by atoms with van der Waals surface area (Å²) in [5.74, 6) is -0.267. The SMILES string of the molecule is Cc1cccc(-c2nc(CNC(=O)[C@@H]3CC(=O)N(C(C)C)C3)cs2)c1. The highest BCUT2D eigenvalue weighted by Crippen LogP contribution is 2.25. The van der Waals surface area contributed by atoms with Gasteiger partial charge in [0, 0.05) is 30.0 Å². The van der Waals surface area contributed by atoms with Crippen LogP contribution in [0.1, 0.15) is 31.5 Å². The van der Waals surface area contributed by atoms with Crippen molar-refractivity contribution in [3.63, 3.8) is 0 Å². The van der Waals surface area contributed by atoms with Crippen molar-refractivity contribution in [2.75, 3.05) is 6.54 Å². The van der Waals surface area contributed by atoms with Crippen molar-refractivity contribution < 1.29 is 9.59 Å². The van der Waals surface area contributed by atoms with Gasteiger partial charge < -0.3 is 10.2 Å². The number of thiazole rings is 1. The van der Waals surface area contributed by atoms with Crippen molar-refractivity contribution in [1.82, 2.24) is 15.2 Å². The van der Waals surface area contributed by atoms with E-state index in [1.54, 1.807) is 16.2 Å². The molecular formula is C19H23N3O2S. The van der Waals surface area contributed by atoms with Crippen molar-refractivity contribution in [2.45, 2.75) is 39.8 Å². The molecule has 1 aromatic heterocycles. The summed E-state index contributed by atoms with van der Waals surface area (Å²) in [6, 6.07) is 8.36. The third-order valence-electron chi connectivity index (χ3n) is 4.41. The summed E-state index contributed by atoms with van der Waals surface area (Å²) in [7, 11) is 0. The van der Waals surface area contributed by atoms with E-state index in [4.69, 9.17) is 0 Å². The molecule has 1 aliphatic rings. The summed E-state index contributed by atoms with van der Waals surface area (Å²) in [4.78, 5) is 30.6. The lowest BCUT2D eigenvalue weighted by molar-refractivity contribution is -0.130. The predicted octanol–water partition coefficient (Wildman–Crippen LogP) is 2.99. The summed E-state index contributed by atoms with van der Waals surface area (Å²) >= 11 is 1.58. The molecule has 1 saturated heterocycles. The van der Waals surface area contributed by atoms with Gasteiger partial charge in [0.1, 0.15) is 5.01 Å². The first-order valence-electron chi connectivity index (χ1n) is 8.52. The third-order valence-corrected chi connectivity index (χ3v) is 5.35. The van der Waals surface area contributed by atoms with Gasteiger partial charge in [0.2, 0.25) is 11.8 Å². The summed E-state index contributed by atoms with van der Waals surface area (Å²) in [5.41, 5.74) is 3.14. The number of aromatic nitrogens is 1. The molecule has 0 saturated carbocycles. The number of benzene rings is 1. The van der Waals surface area contributed by atoms with Crippen LogP contribution in [-0.4, -0.2) is 34.3 Å². The van der Waals surface area contributed by atoms with Crippen molar-refractivity contribution in [2.24, 2.45) is 5.92 Å². The van der Waals surface area contributed by atoms with Gasteiger partial charge in [-0.3, -0.25) is 9.59 Å². The van der Waals surface area contributed by atoms with Gasteiger partial charge in [0.15, 0.2) is 0 Å². The predicted molar refractivity (Wildman–Crippen MR) is 99.1 cm³/mol. The fraction of sp³-hybridized carbons (Fsp3) is 0.421. The number of carbonyl (C=O) groups excluding carboxylic acids is 2. The average Bonchev–Trinajstić information content (AvgIpc) is 3.19. The van der Waals surface area contributed by atoms with Crippen LogP contribution < -0.4 is 5.32 Å². The van der Waals surface area contributed by atoms with Crippen LogP contribution in [-0.2, 0) is 16.1 Å². The van der Waals surface area contributed by atoms with Crippen molar-refractivity contribution >= 4 is 23.2 Å². The van der Waals surface area contributed by atoms with Gasteiger partial charge in [0.25, 0.3) is 0 Å². The molecule has 1 aliphatic heterocycles. The molecule has 3 rings (SSSR count). The van der Waals surface area contributed by atoms with E-state index in [0.717, 1.165) is 16.3 Å². The maximum atomic E-state index is 12.3. The Morgan fingerprint density at radius 2 is 2.24 bits per heavy atom. The van der Waals surface area contributed by atoms with Crippen LogP contribution in [0.4, 0.5) is 0 Å². The van der Waals surface area contributed by atoms with Gasteiger partial charge >= 0.3 is 0 Å². The summed E-state index contributed by atoms with van der Waals surface area (Å²) in [5, 5.41) is 5.85. The number of hydrogen-bond donors (Lipinski definition) is 1. The first-order valence-corrected chi connectivity index (χ1v) is 9.40. The van der Waals surface area contributed by atoms with E-state index in [-0.39, 0.29) is 23.8 Å². The highest BCUT2D eigenvalue weighted by molar-refractivity contribution is 7.13. The molecule has 2 aromatic rings. The Morgan fingerprint density at radius 1 is 1.44 bits per heavy atom. The highest BCUT2D eigenvalue weighted by atomic mass is 32.1. The Labute approximate surface area is 152 Å². The van der Waals surface area contributed by atoms with E-state index in [2.05, 4.69) is 29.4 Å². The fourth-order valence-corrected chi connectivity index (χ4v) is 3.84. The quantitative estimate of drug-likeness (QED) is 0.895. The Morgan fingerprint density at radius 3 is 2.92 bits per heavy atom. The van der Waals surface area contributed by atoms with Crippen molar-refractivity contribution in [3.05, 3.63) is 40.9 Å². The summed E-state index contributed by atoms with van der Waals surface area (Å²) in [6.45, 7) is 6.91. The average molecular weight is 357 g/mol. The molecule has 0 unspecified atom stereocenters. The summed E-state index contributed by atoms with van der Waals surface area (Å²) < 4.78 is 0. The van der Waals surface area contributed by atoms with Crippen LogP contribution in [0.3, 0.4) is 0 Å². The van der Waals surface area contributed by atoms with E-state index in [9.17, 15) is 9.59 Å². The molecule has 25 heavy (non-hydrogen) atoms. The highest BCUT2D eigenvalue weighted by Gasteiger charge is 2.35. The number of nitrogens with one attached hydrogen (secondary N) is 1. The Balaban J connectivity index is 1.58. The molecular weight excluding hydrogens is 334 g/mol. The standard InChI is InChI=1S/C19H23N3O2S/c1-12(2)22-10-15(8-17(22)23)18(24)20-9-16-11-25-19(21-16)14-6-4-5-13(3)7-14/h4-7,11-12,15H,8-10H2,1-3H3,(H,20,24)/t15-/m1/s1. The van der Waals surface area contributed by atoms with Crippen LogP contribution in [0.25, 0.3) is 10.6 Å². The number of likely N-dealkylation sites (tertiary alicyclic amines) is 1. The number of rotatable bonds is 5. The zero-order valence-electron chi connectivity index (χ0n) is 14.8. The van der Waals surface area contributed by atoms with Crippen molar-refractivity contribution in [3.8, 4) is 10.6 Å². The monoisotopic (exact) mass is 357 g/mol. The summed E-state index contributed by atoms with van der Waals surface area (Å²) in [6.07, 6.45) is 0.301. The molecule has 0 radical (unpaired) electrons. The first kappa shape index (κ1) is 17.6. The normalized spacial score (nSPS) is 17.4. The van der Waals surface area contributed by atoms with Gasteiger partial charge in [-0.2, -0.15) is 0 Å². The molecule has 2 heterocycles. The van der Waals surface area contributed by atoms with Gasteiger partial charge in [-0.05, 0) is 26.8 Å². The zero-order valence-corrected chi connectivity index (χ0v) is 15.6. The molecule has 0 aliphatic carbocycles. The Bertz CT molecular complexity index is 784. The largest absolute Gasteiger partial charge is 0.350 e. The van der Waals surface area contributed by atoms with Gasteiger partial charge in [-0.15, -0.1) is 11.3 Å². The number of carbonyl (C=O) groups is 2. The molecule has 6 heteroatoms. The van der Waals surface area contributed by atoms with E-state index in [1.807, 2.05) is 31.4 Å². The molecule has 1 N–H and O–H groups in total. The van der Waals surface area contributed by atoms with Gasteiger partial charge in [0.05, 0.1) is 18.2 Å². The number of hydrogen-bond acceptors (Lipinski definition) is 4. The van der Waals surface area contributed by atoms with Crippen LogP contribution in [0.5, 0.6) is 0 Å². The second-order valence-electron chi connectivity index (χ2n) is 6.77. The van der Waals surface area contributed by atoms with E-state index >= 15 is 0 Å². The topological polar surface area (TPSA) is 62.3 Å². The molecule has 1 aromatic carbocycles. The van der Waals surface area contributed by atoms with E-state index in [1.165, 1.54) is 5.56 Å². The van der Waals surface area contributed by atoms with Crippen LogP contribution in [0.2, 0.25) is 0 Å². The lowest BCUT2D eigenvalue weighted by Crippen LogP contribution is -2.35. The smallest absolute Gasteiger partial charge is 0.225 e. The van der Waals surface area contributed by atoms with Crippen LogP contribution in [0.15, 0.2) is 29.6 Å². The second-order valence-corrected chi connectivity index (χ2v) is 7.63. The maximum Gasteiger partial charge on any atom is 0.225 e. The minimum Gasteiger partial charge on any atom is -0.350 e. The molecule has 0 spiro atoms. The molecule has 1 atom stereocenters. The van der Waals surface area contributed by atoms with Gasteiger partial charge in [-0.25, -0.2) is 4.98 Å². The first-order chi connectivity index (χ1) is 11.9. The number of amides is 2. The third kappa shape index (κ3) is 4.07. The fourth-order valence-electron chi connectivity index (χ4n) is 3.03. The number of aryl methyl sites for hydroxylation is 1. The molecule has 5 nitrogen and oxygen atoms in total. The zero-order chi connectivity index (χ0) is 18.0.